The number of amides is 1. The van der Waals surface area contributed by atoms with E-state index >= 15 is 0 Å². The van der Waals surface area contributed by atoms with Crippen LogP contribution in [0.25, 0.3) is 0 Å². The number of aryl methyl sites for hydroxylation is 1. The summed E-state index contributed by atoms with van der Waals surface area (Å²) in [5.41, 5.74) is 5.81. The second kappa shape index (κ2) is 5.56. The number of carbonyl (C=O) groups excluding carboxylic acids is 1. The Balaban J connectivity index is 2.17. The van der Waals surface area contributed by atoms with Gasteiger partial charge < -0.3 is 11.1 Å². The Hall–Kier alpha value is -1.99. The highest BCUT2D eigenvalue weighted by Gasteiger charge is 2.13. The zero-order valence-electron chi connectivity index (χ0n) is 10.4. The molecule has 0 aliphatic carbocycles. The molecule has 0 spiro atoms. The maximum Gasteiger partial charge on any atom is 0.345 e. The zero-order chi connectivity index (χ0) is 14.9. The number of carbonyl (C=O) groups is 1. The van der Waals surface area contributed by atoms with Gasteiger partial charge in [0.2, 0.25) is 5.91 Å². The molecule has 2 rings (SSSR count). The predicted octanol–water partition coefficient (Wildman–Crippen LogP) is 1.11. The van der Waals surface area contributed by atoms with Crippen molar-refractivity contribution in [2.75, 3.05) is 11.1 Å². The molecule has 1 heterocycles. The van der Waals surface area contributed by atoms with Gasteiger partial charge in [0.1, 0.15) is 12.9 Å². The van der Waals surface area contributed by atoms with Crippen molar-refractivity contribution in [1.82, 2.24) is 14.3 Å². The summed E-state index contributed by atoms with van der Waals surface area (Å²) in [6.45, 7) is -0.239. The molecule has 0 saturated heterocycles. The van der Waals surface area contributed by atoms with Gasteiger partial charge in [0.05, 0.1) is 15.7 Å². The lowest BCUT2D eigenvalue weighted by Crippen LogP contribution is -2.29. The van der Waals surface area contributed by atoms with Crippen LogP contribution in [0.4, 0.5) is 11.4 Å². The topological polar surface area (TPSA) is 94.9 Å². The highest BCUT2D eigenvalue weighted by Crippen LogP contribution is 2.32. The third-order valence-electron chi connectivity index (χ3n) is 2.51. The van der Waals surface area contributed by atoms with Gasteiger partial charge in [0.15, 0.2) is 0 Å². The molecule has 0 unspecified atom stereocenters. The molecule has 0 radical (unpaired) electrons. The Labute approximate surface area is 123 Å². The van der Waals surface area contributed by atoms with Gasteiger partial charge in [-0.3, -0.25) is 9.36 Å². The molecule has 20 heavy (non-hydrogen) atoms. The minimum absolute atomic E-state index is 0.219. The largest absolute Gasteiger partial charge is 0.399 e. The zero-order valence-corrected chi connectivity index (χ0v) is 11.9. The standard InChI is InChI=1S/C11H11Cl2N5O2/c1-17-5-15-18(11(17)20)4-9(19)16-10-7(12)2-6(14)3-8(10)13/h2-3,5H,4,14H2,1H3,(H,16,19). The van der Waals surface area contributed by atoms with Crippen molar-refractivity contribution in [3.63, 3.8) is 0 Å². The van der Waals surface area contributed by atoms with Gasteiger partial charge in [0, 0.05) is 12.7 Å². The van der Waals surface area contributed by atoms with Crippen molar-refractivity contribution in [3.8, 4) is 0 Å². The second-order valence-corrected chi connectivity index (χ2v) is 4.90. The molecular weight excluding hydrogens is 305 g/mol. The molecule has 1 amide bonds. The van der Waals surface area contributed by atoms with Crippen LogP contribution in [0.2, 0.25) is 10.0 Å². The maximum atomic E-state index is 11.9. The van der Waals surface area contributed by atoms with E-state index in [0.29, 0.717) is 5.69 Å². The van der Waals surface area contributed by atoms with Crippen LogP contribution in [0, 0.1) is 0 Å². The Bertz CT molecular complexity index is 699. The summed E-state index contributed by atoms with van der Waals surface area (Å²) in [5.74, 6) is -0.473. The van der Waals surface area contributed by atoms with Crippen LogP contribution in [-0.2, 0) is 18.4 Å². The van der Waals surface area contributed by atoms with Crippen molar-refractivity contribution in [2.24, 2.45) is 7.05 Å². The SMILES string of the molecule is Cn1cnn(CC(=O)Nc2c(Cl)cc(N)cc2Cl)c1=O. The first-order chi connectivity index (χ1) is 9.38. The smallest absolute Gasteiger partial charge is 0.345 e. The van der Waals surface area contributed by atoms with Crippen LogP contribution >= 0.6 is 23.2 Å². The number of nitrogen functional groups attached to an aromatic ring is 1. The first kappa shape index (κ1) is 14.4. The van der Waals surface area contributed by atoms with Gasteiger partial charge in [-0.2, -0.15) is 5.10 Å². The average Bonchev–Trinajstić information content (AvgIpc) is 2.66. The van der Waals surface area contributed by atoms with E-state index in [1.807, 2.05) is 0 Å². The molecule has 1 aromatic carbocycles. The first-order valence-corrected chi connectivity index (χ1v) is 6.27. The maximum absolute atomic E-state index is 11.9. The number of hydrogen-bond acceptors (Lipinski definition) is 4. The lowest BCUT2D eigenvalue weighted by atomic mass is 10.3. The monoisotopic (exact) mass is 315 g/mol. The molecule has 0 aliphatic rings. The number of nitrogens with two attached hydrogens (primary N) is 1. The van der Waals surface area contributed by atoms with E-state index < -0.39 is 11.6 Å². The van der Waals surface area contributed by atoms with Gasteiger partial charge in [-0.25, -0.2) is 9.48 Å². The fraction of sp³-hybridized carbons (Fsp3) is 0.182. The lowest BCUT2D eigenvalue weighted by molar-refractivity contribution is -0.117. The van der Waals surface area contributed by atoms with Crippen LogP contribution in [0.5, 0.6) is 0 Å². The van der Waals surface area contributed by atoms with Gasteiger partial charge >= 0.3 is 5.69 Å². The normalized spacial score (nSPS) is 10.6. The van der Waals surface area contributed by atoms with E-state index in [4.69, 9.17) is 28.9 Å². The van der Waals surface area contributed by atoms with Crippen LogP contribution in [-0.4, -0.2) is 20.3 Å². The van der Waals surface area contributed by atoms with E-state index in [1.54, 1.807) is 0 Å². The second-order valence-electron chi connectivity index (χ2n) is 4.09. The molecule has 9 heteroatoms. The number of hydrogen-bond donors (Lipinski definition) is 2. The van der Waals surface area contributed by atoms with E-state index in [2.05, 4.69) is 10.4 Å². The van der Waals surface area contributed by atoms with Crippen LogP contribution < -0.4 is 16.7 Å². The fourth-order valence-corrected chi connectivity index (χ4v) is 2.15. The Morgan fingerprint density at radius 3 is 2.50 bits per heavy atom. The van der Waals surface area contributed by atoms with Crippen molar-refractivity contribution < 1.29 is 4.79 Å². The molecule has 0 aliphatic heterocycles. The van der Waals surface area contributed by atoms with Crippen molar-refractivity contribution >= 4 is 40.5 Å². The van der Waals surface area contributed by atoms with Crippen molar-refractivity contribution in [1.29, 1.82) is 0 Å². The lowest BCUT2D eigenvalue weighted by Gasteiger charge is -2.09. The Morgan fingerprint density at radius 2 is 2.00 bits per heavy atom. The van der Waals surface area contributed by atoms with Gasteiger partial charge in [-0.1, -0.05) is 23.2 Å². The van der Waals surface area contributed by atoms with E-state index in [1.165, 1.54) is 30.1 Å². The van der Waals surface area contributed by atoms with Gasteiger partial charge in [-0.15, -0.1) is 0 Å². The van der Waals surface area contributed by atoms with Crippen LogP contribution in [0.3, 0.4) is 0 Å². The molecule has 2 aromatic rings. The molecule has 7 nitrogen and oxygen atoms in total. The summed E-state index contributed by atoms with van der Waals surface area (Å²) < 4.78 is 2.28. The minimum Gasteiger partial charge on any atom is -0.399 e. The highest BCUT2D eigenvalue weighted by atomic mass is 35.5. The summed E-state index contributed by atoms with van der Waals surface area (Å²) in [6, 6.07) is 2.94. The Morgan fingerprint density at radius 1 is 1.40 bits per heavy atom. The molecule has 0 fully saturated rings. The molecule has 0 atom stereocenters. The Kier molecular flexibility index (Phi) is 4.01. The number of halogens is 2. The molecule has 106 valence electrons. The predicted molar refractivity (Wildman–Crippen MR) is 77.0 cm³/mol. The van der Waals surface area contributed by atoms with Crippen molar-refractivity contribution in [2.45, 2.75) is 6.54 Å². The molecule has 0 saturated carbocycles. The number of rotatable bonds is 3. The van der Waals surface area contributed by atoms with Gasteiger partial charge in [-0.05, 0) is 12.1 Å². The third kappa shape index (κ3) is 2.94. The number of nitrogens with zero attached hydrogens (tertiary/aromatic N) is 3. The quantitative estimate of drug-likeness (QED) is 0.829. The number of anilines is 2. The van der Waals surface area contributed by atoms with E-state index in [9.17, 15) is 9.59 Å². The van der Waals surface area contributed by atoms with E-state index in [-0.39, 0.29) is 22.3 Å². The summed E-state index contributed by atoms with van der Waals surface area (Å²) in [7, 11) is 1.54. The number of nitrogens with one attached hydrogen (secondary N) is 1. The molecule has 3 N–H and O–H groups in total. The molecular formula is C11H11Cl2N5O2. The van der Waals surface area contributed by atoms with Crippen LogP contribution in [0.15, 0.2) is 23.3 Å². The summed E-state index contributed by atoms with van der Waals surface area (Å²) in [5, 5.41) is 6.74. The highest BCUT2D eigenvalue weighted by molar-refractivity contribution is 6.40. The van der Waals surface area contributed by atoms with Crippen molar-refractivity contribution in [3.05, 3.63) is 39.0 Å². The molecule has 1 aromatic heterocycles. The van der Waals surface area contributed by atoms with E-state index in [0.717, 1.165) is 4.68 Å². The summed E-state index contributed by atoms with van der Waals surface area (Å²) in [6.07, 6.45) is 1.32. The summed E-state index contributed by atoms with van der Waals surface area (Å²) >= 11 is 11.9. The van der Waals surface area contributed by atoms with Gasteiger partial charge in [0.25, 0.3) is 0 Å². The summed E-state index contributed by atoms with van der Waals surface area (Å²) in [4.78, 5) is 23.4. The number of benzene rings is 1. The minimum atomic E-state index is -0.473. The third-order valence-corrected chi connectivity index (χ3v) is 3.11. The number of aromatic nitrogens is 3. The fourth-order valence-electron chi connectivity index (χ4n) is 1.56. The first-order valence-electron chi connectivity index (χ1n) is 5.51. The average molecular weight is 316 g/mol. The van der Waals surface area contributed by atoms with Crippen LogP contribution in [0.1, 0.15) is 0 Å². The molecule has 0 bridgehead atoms.